The summed E-state index contributed by atoms with van der Waals surface area (Å²) in [5.41, 5.74) is 5.69. The molecule has 6 rings (SSSR count). The zero-order valence-corrected chi connectivity index (χ0v) is 22.0. The number of nitrogens with one attached hydrogen (secondary N) is 2. The first kappa shape index (κ1) is 23.5. The molecule has 5 nitrogen and oxygen atoms in total. The molecule has 7 heteroatoms. The van der Waals surface area contributed by atoms with Gasteiger partial charge >= 0.3 is 0 Å². The Labute approximate surface area is 217 Å². The minimum Gasteiger partial charge on any atom is -0.489 e. The lowest BCUT2D eigenvalue weighted by Gasteiger charge is -2.38. The van der Waals surface area contributed by atoms with Gasteiger partial charge in [-0.05, 0) is 78.8 Å². The molecule has 3 aliphatic rings. The van der Waals surface area contributed by atoms with Gasteiger partial charge in [-0.3, -0.25) is 4.72 Å². The molecule has 2 aliphatic heterocycles. The van der Waals surface area contributed by atoms with Crippen LogP contribution in [0.3, 0.4) is 0 Å². The Kier molecular flexibility index (Phi) is 6.00. The van der Waals surface area contributed by atoms with Crippen LogP contribution >= 0.6 is 11.8 Å². The van der Waals surface area contributed by atoms with Gasteiger partial charge in [0.2, 0.25) is 0 Å². The Morgan fingerprint density at radius 3 is 2.53 bits per heavy atom. The fourth-order valence-corrected chi connectivity index (χ4v) is 7.30. The number of fused-ring (bicyclic) bond motifs is 3. The molecule has 186 valence electrons. The normalized spacial score (nSPS) is 22.8. The first-order chi connectivity index (χ1) is 17.4. The number of allylic oxidation sites excluding steroid dienone is 2. The van der Waals surface area contributed by atoms with Crippen LogP contribution in [0.15, 0.2) is 77.7 Å². The maximum Gasteiger partial charge on any atom is 0.261 e. The highest BCUT2D eigenvalue weighted by molar-refractivity contribution is 8.00. The zero-order valence-electron chi connectivity index (χ0n) is 20.4. The smallest absolute Gasteiger partial charge is 0.261 e. The third kappa shape index (κ3) is 4.28. The van der Waals surface area contributed by atoms with Gasteiger partial charge < -0.3 is 10.1 Å². The average molecular weight is 519 g/mol. The molecule has 36 heavy (non-hydrogen) atoms. The number of aryl methyl sites for hydroxylation is 2. The number of rotatable bonds is 6. The number of para-hydroxylation sites is 1. The van der Waals surface area contributed by atoms with E-state index in [0.717, 1.165) is 46.1 Å². The predicted molar refractivity (Wildman–Crippen MR) is 148 cm³/mol. The highest BCUT2D eigenvalue weighted by Gasteiger charge is 2.38. The average Bonchev–Trinajstić information content (AvgIpc) is 3.34. The second-order valence-electron chi connectivity index (χ2n) is 9.95. The molecule has 2 N–H and O–H groups in total. The van der Waals surface area contributed by atoms with Gasteiger partial charge in [0.1, 0.15) is 11.9 Å². The predicted octanol–water partition coefficient (Wildman–Crippen LogP) is 6.42. The van der Waals surface area contributed by atoms with Gasteiger partial charge in [0.05, 0.1) is 16.6 Å². The number of benzene rings is 3. The number of ether oxygens (including phenoxy) is 1. The maximum atomic E-state index is 13.4. The number of anilines is 2. The van der Waals surface area contributed by atoms with E-state index in [9.17, 15) is 8.42 Å². The molecule has 2 heterocycles. The third-order valence-corrected chi connectivity index (χ3v) is 10.1. The molecule has 0 amide bonds. The van der Waals surface area contributed by atoms with Crippen LogP contribution in [0.5, 0.6) is 5.75 Å². The fourth-order valence-electron chi connectivity index (χ4n) is 5.49. The van der Waals surface area contributed by atoms with Gasteiger partial charge in [-0.1, -0.05) is 42.5 Å². The second-order valence-corrected chi connectivity index (χ2v) is 12.7. The number of sulfonamides is 1. The minimum absolute atomic E-state index is 0.131. The van der Waals surface area contributed by atoms with E-state index in [1.807, 2.05) is 62.0 Å². The number of hydrogen-bond donors (Lipinski definition) is 2. The Morgan fingerprint density at radius 1 is 1.00 bits per heavy atom. The van der Waals surface area contributed by atoms with E-state index in [2.05, 4.69) is 40.4 Å². The van der Waals surface area contributed by atoms with Crippen LogP contribution in [0.1, 0.15) is 40.6 Å². The van der Waals surface area contributed by atoms with Crippen LogP contribution < -0.4 is 14.8 Å². The van der Waals surface area contributed by atoms with Crippen LogP contribution in [0.4, 0.5) is 11.4 Å². The Hall–Kier alpha value is -2.90. The topological polar surface area (TPSA) is 67.4 Å². The van der Waals surface area contributed by atoms with Gasteiger partial charge in [-0.25, -0.2) is 8.42 Å². The Balaban J connectivity index is 1.30. The van der Waals surface area contributed by atoms with Crippen LogP contribution in [-0.4, -0.2) is 26.0 Å². The summed E-state index contributed by atoms with van der Waals surface area (Å²) in [6.45, 7) is 3.84. The zero-order chi connectivity index (χ0) is 24.9. The lowest BCUT2D eigenvalue weighted by atomic mass is 9.77. The Bertz CT molecular complexity index is 1430. The lowest BCUT2D eigenvalue weighted by Crippen LogP contribution is -2.31. The van der Waals surface area contributed by atoms with Crippen LogP contribution in [-0.2, 0) is 10.0 Å². The third-order valence-electron chi connectivity index (χ3n) is 7.49. The van der Waals surface area contributed by atoms with E-state index >= 15 is 0 Å². The first-order valence-corrected chi connectivity index (χ1v) is 15.0. The highest BCUT2D eigenvalue weighted by atomic mass is 32.2. The molecular weight excluding hydrogens is 488 g/mol. The molecule has 1 fully saturated rings. The summed E-state index contributed by atoms with van der Waals surface area (Å²) in [6.07, 6.45) is 5.72. The van der Waals surface area contributed by atoms with Gasteiger partial charge in [0.15, 0.2) is 0 Å². The molecule has 0 bridgehead atoms. The van der Waals surface area contributed by atoms with E-state index in [1.54, 1.807) is 6.07 Å². The van der Waals surface area contributed by atoms with Crippen molar-refractivity contribution in [3.8, 4) is 5.75 Å². The van der Waals surface area contributed by atoms with E-state index in [1.165, 1.54) is 5.56 Å². The summed E-state index contributed by atoms with van der Waals surface area (Å²) in [5, 5.41) is 3.72. The van der Waals surface area contributed by atoms with Gasteiger partial charge in [0, 0.05) is 23.1 Å². The van der Waals surface area contributed by atoms with Crippen LogP contribution in [0, 0.1) is 19.8 Å². The van der Waals surface area contributed by atoms with Crippen molar-refractivity contribution in [2.24, 2.45) is 5.92 Å². The van der Waals surface area contributed by atoms with Crippen molar-refractivity contribution in [1.82, 2.24) is 0 Å². The molecule has 1 aliphatic carbocycles. The summed E-state index contributed by atoms with van der Waals surface area (Å²) in [4.78, 5) is 0.289. The highest BCUT2D eigenvalue weighted by Crippen LogP contribution is 2.50. The van der Waals surface area contributed by atoms with Crippen molar-refractivity contribution >= 4 is 33.2 Å². The maximum absolute atomic E-state index is 13.4. The molecule has 3 atom stereocenters. The van der Waals surface area contributed by atoms with Gasteiger partial charge in [-0.15, -0.1) is 0 Å². The van der Waals surface area contributed by atoms with Crippen molar-refractivity contribution in [3.05, 3.63) is 95.1 Å². The van der Waals surface area contributed by atoms with E-state index < -0.39 is 10.0 Å². The summed E-state index contributed by atoms with van der Waals surface area (Å²) in [5.74, 6) is 3.51. The SMILES string of the molecule is Cc1cccc(C)c1NS(=O)(=O)c1ccc2c(c1)[C@H]1C=CC[C@H]1[C@@H](c1cccc(OC3CSC3)c1)N2. The molecule has 3 aromatic rings. The lowest BCUT2D eigenvalue weighted by molar-refractivity contribution is 0.240. The molecule has 0 unspecified atom stereocenters. The van der Waals surface area contributed by atoms with Crippen molar-refractivity contribution in [1.29, 1.82) is 0 Å². The molecule has 1 saturated heterocycles. The minimum atomic E-state index is -3.72. The number of hydrogen-bond acceptors (Lipinski definition) is 5. The van der Waals surface area contributed by atoms with Crippen LogP contribution in [0.25, 0.3) is 0 Å². The van der Waals surface area contributed by atoms with Crippen molar-refractivity contribution in [3.63, 3.8) is 0 Å². The molecule has 0 radical (unpaired) electrons. The summed E-state index contributed by atoms with van der Waals surface area (Å²) in [6, 6.07) is 19.8. The summed E-state index contributed by atoms with van der Waals surface area (Å²) in [7, 11) is -3.72. The van der Waals surface area contributed by atoms with Gasteiger partial charge in [0.25, 0.3) is 10.0 Å². The van der Waals surface area contributed by atoms with Crippen molar-refractivity contribution in [2.45, 2.75) is 43.2 Å². The molecule has 0 aromatic heterocycles. The van der Waals surface area contributed by atoms with Crippen molar-refractivity contribution < 1.29 is 13.2 Å². The largest absolute Gasteiger partial charge is 0.489 e. The van der Waals surface area contributed by atoms with E-state index in [-0.39, 0.29) is 16.9 Å². The fraction of sp³-hybridized carbons (Fsp3) is 0.310. The molecule has 0 spiro atoms. The quantitative estimate of drug-likeness (QED) is 0.368. The number of thioether (sulfide) groups is 1. The van der Waals surface area contributed by atoms with Crippen LogP contribution in [0.2, 0.25) is 0 Å². The Morgan fingerprint density at radius 2 is 1.78 bits per heavy atom. The molecular formula is C29H30N2O3S2. The first-order valence-electron chi connectivity index (χ1n) is 12.4. The summed E-state index contributed by atoms with van der Waals surface area (Å²) >= 11 is 1.91. The molecule has 3 aromatic carbocycles. The standard InChI is InChI=1S/C29H30N2O3S2/c1-18-6-3-7-19(2)28(18)31-36(32,33)23-12-13-27-26(15-23)24-10-5-11-25(24)29(30-27)20-8-4-9-21(14-20)34-22-16-35-17-22/h3-10,12-15,22,24-25,29-31H,11,16-17H2,1-2H3/t24-,25+,29+/m0/s1. The second kappa shape index (κ2) is 9.20. The molecule has 0 saturated carbocycles. The summed E-state index contributed by atoms with van der Waals surface area (Å²) < 4.78 is 35.7. The monoisotopic (exact) mass is 518 g/mol. The van der Waals surface area contributed by atoms with E-state index in [0.29, 0.717) is 17.7 Å². The van der Waals surface area contributed by atoms with E-state index in [4.69, 9.17) is 4.74 Å². The van der Waals surface area contributed by atoms with Gasteiger partial charge in [-0.2, -0.15) is 11.8 Å². The van der Waals surface area contributed by atoms with Crippen molar-refractivity contribution in [2.75, 3.05) is 21.5 Å².